The Hall–Kier alpha value is -1.37. The molecule has 2 nitrogen and oxygen atoms in total. The van der Waals surface area contributed by atoms with Gasteiger partial charge in [-0.15, -0.1) is 0 Å². The molecule has 0 aliphatic heterocycles. The second-order valence-electron chi connectivity index (χ2n) is 5.11. The Bertz CT molecular complexity index is 460. The van der Waals surface area contributed by atoms with E-state index in [1.807, 2.05) is 13.0 Å². The second kappa shape index (κ2) is 7.93. The van der Waals surface area contributed by atoms with Gasteiger partial charge in [0.1, 0.15) is 5.82 Å². The van der Waals surface area contributed by atoms with E-state index in [0.29, 0.717) is 18.1 Å². The molecule has 1 rings (SSSR count). The molecule has 3 heteroatoms. The zero-order chi connectivity index (χ0) is 14.3. The largest absolute Gasteiger partial charge is 0.374 e. The van der Waals surface area contributed by atoms with Crippen LogP contribution in [-0.4, -0.2) is 12.6 Å². The minimum absolute atomic E-state index is 0.168. The summed E-state index contributed by atoms with van der Waals surface area (Å²) in [5.74, 6) is 5.85. The molecule has 2 N–H and O–H groups in total. The van der Waals surface area contributed by atoms with Gasteiger partial charge in [0.05, 0.1) is 19.3 Å². The van der Waals surface area contributed by atoms with Gasteiger partial charge in [-0.05, 0) is 43.0 Å². The topological polar surface area (TPSA) is 35.2 Å². The summed E-state index contributed by atoms with van der Waals surface area (Å²) < 4.78 is 19.1. The van der Waals surface area contributed by atoms with E-state index in [1.165, 1.54) is 12.1 Å². The third kappa shape index (κ3) is 6.37. The molecule has 0 aromatic heterocycles. The van der Waals surface area contributed by atoms with Crippen molar-refractivity contribution in [1.82, 2.24) is 0 Å². The maximum absolute atomic E-state index is 13.4. The molecule has 104 valence electrons. The second-order valence-corrected chi connectivity index (χ2v) is 5.11. The van der Waals surface area contributed by atoms with Crippen LogP contribution in [0.5, 0.6) is 0 Å². The van der Waals surface area contributed by atoms with Gasteiger partial charge in [0.2, 0.25) is 0 Å². The van der Waals surface area contributed by atoms with E-state index in [2.05, 4.69) is 25.7 Å². The van der Waals surface area contributed by atoms with Crippen LogP contribution in [-0.2, 0) is 11.3 Å². The first-order valence-electron chi connectivity index (χ1n) is 6.61. The number of rotatable bonds is 5. The Labute approximate surface area is 115 Å². The zero-order valence-corrected chi connectivity index (χ0v) is 11.9. The highest BCUT2D eigenvalue weighted by Crippen LogP contribution is 2.13. The van der Waals surface area contributed by atoms with Crippen LogP contribution in [0.4, 0.5) is 4.39 Å². The van der Waals surface area contributed by atoms with Crippen molar-refractivity contribution < 1.29 is 9.13 Å². The summed E-state index contributed by atoms with van der Waals surface area (Å²) in [4.78, 5) is 0. The van der Waals surface area contributed by atoms with Crippen LogP contribution in [0.3, 0.4) is 0 Å². The molecule has 0 spiro atoms. The SMILES string of the molecule is CC(C)CC(C)OCc1cc(F)cc(C#CCN)c1. The monoisotopic (exact) mass is 263 g/mol. The molecule has 0 radical (unpaired) electrons. The number of halogens is 1. The van der Waals surface area contributed by atoms with Crippen LogP contribution in [0, 0.1) is 23.6 Å². The molecular weight excluding hydrogens is 241 g/mol. The van der Waals surface area contributed by atoms with Crippen molar-refractivity contribution in [2.24, 2.45) is 11.7 Å². The van der Waals surface area contributed by atoms with Crippen LogP contribution >= 0.6 is 0 Å². The standard InChI is InChI=1S/C16H22FNO/c1-12(2)7-13(3)19-11-15-8-14(5-4-6-18)9-16(17)10-15/h8-10,12-13H,6-7,11,18H2,1-3H3. The lowest BCUT2D eigenvalue weighted by Gasteiger charge is -2.15. The lowest BCUT2D eigenvalue weighted by Crippen LogP contribution is -2.11. The molecule has 0 amide bonds. The number of ether oxygens (including phenoxy) is 1. The number of nitrogens with two attached hydrogens (primary N) is 1. The maximum Gasteiger partial charge on any atom is 0.124 e. The molecule has 1 aromatic carbocycles. The van der Waals surface area contributed by atoms with Gasteiger partial charge in [-0.25, -0.2) is 4.39 Å². The molecule has 19 heavy (non-hydrogen) atoms. The van der Waals surface area contributed by atoms with Gasteiger partial charge < -0.3 is 10.5 Å². The Morgan fingerprint density at radius 3 is 2.63 bits per heavy atom. The summed E-state index contributed by atoms with van der Waals surface area (Å²) in [7, 11) is 0. The minimum atomic E-state index is -0.293. The predicted molar refractivity (Wildman–Crippen MR) is 76.0 cm³/mol. The van der Waals surface area contributed by atoms with Crippen molar-refractivity contribution in [1.29, 1.82) is 0 Å². The molecule has 0 aliphatic carbocycles. The van der Waals surface area contributed by atoms with Crippen LogP contribution in [0.1, 0.15) is 38.3 Å². The van der Waals surface area contributed by atoms with Gasteiger partial charge >= 0.3 is 0 Å². The fourth-order valence-electron chi connectivity index (χ4n) is 1.93. The molecule has 0 heterocycles. The molecule has 1 unspecified atom stereocenters. The molecular formula is C16H22FNO. The third-order valence-corrected chi connectivity index (χ3v) is 2.63. The smallest absolute Gasteiger partial charge is 0.124 e. The first-order valence-corrected chi connectivity index (χ1v) is 6.61. The van der Waals surface area contributed by atoms with Crippen LogP contribution in [0.25, 0.3) is 0 Å². The highest BCUT2D eigenvalue weighted by Gasteiger charge is 2.06. The first kappa shape index (κ1) is 15.7. The average molecular weight is 263 g/mol. The normalized spacial score (nSPS) is 12.1. The molecule has 0 saturated heterocycles. The van der Waals surface area contributed by atoms with Crippen LogP contribution < -0.4 is 5.73 Å². The summed E-state index contributed by atoms with van der Waals surface area (Å²) in [6.45, 7) is 7.02. The Kier molecular flexibility index (Phi) is 6.55. The lowest BCUT2D eigenvalue weighted by atomic mass is 10.1. The maximum atomic E-state index is 13.4. The summed E-state index contributed by atoms with van der Waals surface area (Å²) in [6, 6.07) is 4.73. The van der Waals surface area contributed by atoms with Gasteiger partial charge in [-0.3, -0.25) is 0 Å². The van der Waals surface area contributed by atoms with E-state index >= 15 is 0 Å². The van der Waals surface area contributed by atoms with E-state index in [9.17, 15) is 4.39 Å². The average Bonchev–Trinajstić information content (AvgIpc) is 2.32. The fraction of sp³-hybridized carbons (Fsp3) is 0.500. The molecule has 0 aliphatic rings. The predicted octanol–water partition coefficient (Wildman–Crippen LogP) is 3.09. The van der Waals surface area contributed by atoms with Crippen molar-refractivity contribution in [2.75, 3.05) is 6.54 Å². The molecule has 0 bridgehead atoms. The van der Waals surface area contributed by atoms with E-state index < -0.39 is 0 Å². The first-order chi connectivity index (χ1) is 9.01. The number of hydrogen-bond acceptors (Lipinski definition) is 2. The molecule has 1 atom stereocenters. The van der Waals surface area contributed by atoms with E-state index in [0.717, 1.165) is 12.0 Å². The Morgan fingerprint density at radius 2 is 2.00 bits per heavy atom. The summed E-state index contributed by atoms with van der Waals surface area (Å²) >= 11 is 0. The highest BCUT2D eigenvalue weighted by molar-refractivity contribution is 5.37. The van der Waals surface area contributed by atoms with E-state index in [1.54, 1.807) is 0 Å². The molecule has 0 saturated carbocycles. The number of hydrogen-bond donors (Lipinski definition) is 1. The summed E-state index contributed by atoms with van der Waals surface area (Å²) in [6.07, 6.45) is 1.16. The van der Waals surface area contributed by atoms with Gasteiger partial charge in [-0.1, -0.05) is 25.7 Å². The Morgan fingerprint density at radius 1 is 1.26 bits per heavy atom. The van der Waals surface area contributed by atoms with Crippen LogP contribution in [0.15, 0.2) is 18.2 Å². The quantitative estimate of drug-likeness (QED) is 0.829. The highest BCUT2D eigenvalue weighted by atomic mass is 19.1. The lowest BCUT2D eigenvalue weighted by molar-refractivity contribution is 0.0396. The van der Waals surface area contributed by atoms with Crippen molar-refractivity contribution in [3.63, 3.8) is 0 Å². The van der Waals surface area contributed by atoms with E-state index in [-0.39, 0.29) is 18.5 Å². The summed E-state index contributed by atoms with van der Waals surface area (Å²) in [5.41, 5.74) is 6.75. The summed E-state index contributed by atoms with van der Waals surface area (Å²) in [5, 5.41) is 0. The Balaban J connectivity index is 2.65. The van der Waals surface area contributed by atoms with Crippen molar-refractivity contribution in [2.45, 2.75) is 39.9 Å². The van der Waals surface area contributed by atoms with Crippen molar-refractivity contribution in [3.8, 4) is 11.8 Å². The molecule has 0 fully saturated rings. The number of benzene rings is 1. The third-order valence-electron chi connectivity index (χ3n) is 2.63. The van der Waals surface area contributed by atoms with Gasteiger partial charge in [0, 0.05) is 5.56 Å². The van der Waals surface area contributed by atoms with Crippen LogP contribution in [0.2, 0.25) is 0 Å². The minimum Gasteiger partial charge on any atom is -0.374 e. The fourth-order valence-corrected chi connectivity index (χ4v) is 1.93. The molecule has 1 aromatic rings. The van der Waals surface area contributed by atoms with Gasteiger partial charge in [0.25, 0.3) is 0 Å². The van der Waals surface area contributed by atoms with Crippen molar-refractivity contribution >= 4 is 0 Å². The van der Waals surface area contributed by atoms with Gasteiger partial charge in [0.15, 0.2) is 0 Å². The van der Waals surface area contributed by atoms with E-state index in [4.69, 9.17) is 10.5 Å². The zero-order valence-electron chi connectivity index (χ0n) is 11.9. The van der Waals surface area contributed by atoms with Crippen molar-refractivity contribution in [3.05, 3.63) is 35.1 Å². The van der Waals surface area contributed by atoms with Gasteiger partial charge in [-0.2, -0.15) is 0 Å².